The molecule has 0 aliphatic rings. The number of allylic oxidation sites excluding steroid dienone is 1. The zero-order chi connectivity index (χ0) is 12.0. The number of hydrogen-bond acceptors (Lipinski definition) is 4. The number of halogens is 1. The summed E-state index contributed by atoms with van der Waals surface area (Å²) in [7, 11) is 0. The van der Waals surface area contributed by atoms with E-state index in [1.807, 2.05) is 6.08 Å². The van der Waals surface area contributed by atoms with Gasteiger partial charge in [-0.1, -0.05) is 6.08 Å². The molecule has 86 valence electrons. The number of nitrogens with zero attached hydrogens (tertiary/aromatic N) is 2. The average Bonchev–Trinajstić information content (AvgIpc) is 2.26. The zero-order valence-corrected chi connectivity index (χ0v) is 10.2. The first-order valence-electron chi connectivity index (χ1n) is 4.80. The third kappa shape index (κ3) is 3.62. The minimum absolute atomic E-state index is 0.0204. The summed E-state index contributed by atoms with van der Waals surface area (Å²) in [4.78, 5) is 14.3. The van der Waals surface area contributed by atoms with Gasteiger partial charge in [0, 0.05) is 23.3 Å². The molecule has 0 fully saturated rings. The van der Waals surface area contributed by atoms with Gasteiger partial charge in [-0.25, -0.2) is 4.98 Å². The Bertz CT molecular complexity index is 396. The van der Waals surface area contributed by atoms with Crippen molar-refractivity contribution in [3.8, 4) is 0 Å². The molecule has 1 rings (SSSR count). The van der Waals surface area contributed by atoms with E-state index in [0.717, 1.165) is 12.8 Å². The summed E-state index contributed by atoms with van der Waals surface area (Å²) in [6.45, 7) is 4.25. The predicted octanol–water partition coefficient (Wildman–Crippen LogP) is 3.13. The Balaban J connectivity index is 2.71. The fraction of sp³-hybridized carbons (Fsp3) is 0.300. The lowest BCUT2D eigenvalue weighted by Gasteiger charge is -2.05. The fourth-order valence-electron chi connectivity index (χ4n) is 1.16. The third-order valence-electron chi connectivity index (χ3n) is 1.91. The lowest BCUT2D eigenvalue weighted by molar-refractivity contribution is -0.384. The summed E-state index contributed by atoms with van der Waals surface area (Å²) in [5.74, 6) is 0.303. The number of pyridine rings is 1. The van der Waals surface area contributed by atoms with Gasteiger partial charge in [-0.2, -0.15) is 0 Å². The van der Waals surface area contributed by atoms with E-state index in [1.165, 1.54) is 12.3 Å². The molecule has 0 aromatic carbocycles. The van der Waals surface area contributed by atoms with Gasteiger partial charge in [-0.15, -0.1) is 6.58 Å². The molecule has 6 heteroatoms. The van der Waals surface area contributed by atoms with E-state index in [0.29, 0.717) is 16.8 Å². The first-order chi connectivity index (χ1) is 7.65. The van der Waals surface area contributed by atoms with Crippen molar-refractivity contribution in [1.29, 1.82) is 0 Å². The van der Waals surface area contributed by atoms with Gasteiger partial charge in [0.1, 0.15) is 0 Å². The van der Waals surface area contributed by atoms with Crippen LogP contribution in [0.1, 0.15) is 12.8 Å². The highest BCUT2D eigenvalue weighted by molar-refractivity contribution is 9.10. The average molecular weight is 286 g/mol. The van der Waals surface area contributed by atoms with Crippen LogP contribution in [-0.4, -0.2) is 16.5 Å². The van der Waals surface area contributed by atoms with E-state index >= 15 is 0 Å². The second-order valence-electron chi connectivity index (χ2n) is 3.14. The second kappa shape index (κ2) is 6.22. The molecule has 0 bridgehead atoms. The van der Waals surface area contributed by atoms with Crippen LogP contribution < -0.4 is 5.32 Å². The van der Waals surface area contributed by atoms with Crippen molar-refractivity contribution in [2.24, 2.45) is 0 Å². The SMILES string of the molecule is C=CCCCNc1ncc(Br)cc1[N+](=O)[O-]. The first kappa shape index (κ1) is 12.6. The number of nitro groups is 1. The second-order valence-corrected chi connectivity index (χ2v) is 4.05. The monoisotopic (exact) mass is 285 g/mol. The quantitative estimate of drug-likeness (QED) is 0.377. The zero-order valence-electron chi connectivity index (χ0n) is 8.65. The first-order valence-corrected chi connectivity index (χ1v) is 5.59. The summed E-state index contributed by atoms with van der Waals surface area (Å²) in [5.41, 5.74) is -0.0204. The minimum atomic E-state index is -0.451. The molecule has 0 unspecified atom stereocenters. The van der Waals surface area contributed by atoms with Crippen LogP contribution in [0, 0.1) is 10.1 Å². The summed E-state index contributed by atoms with van der Waals surface area (Å²) >= 11 is 3.15. The maximum atomic E-state index is 10.8. The Hall–Kier alpha value is -1.43. The van der Waals surface area contributed by atoms with Gasteiger partial charge in [-0.05, 0) is 28.8 Å². The number of hydrogen-bond donors (Lipinski definition) is 1. The van der Waals surface area contributed by atoms with Gasteiger partial charge in [0.2, 0.25) is 5.82 Å². The smallest absolute Gasteiger partial charge is 0.312 e. The van der Waals surface area contributed by atoms with Gasteiger partial charge < -0.3 is 5.32 Å². The molecule has 0 saturated carbocycles. The molecule has 1 aromatic rings. The number of nitrogens with one attached hydrogen (secondary N) is 1. The van der Waals surface area contributed by atoms with E-state index in [1.54, 1.807) is 0 Å². The van der Waals surface area contributed by atoms with Gasteiger partial charge in [0.15, 0.2) is 0 Å². The van der Waals surface area contributed by atoms with Gasteiger partial charge in [0.05, 0.1) is 4.92 Å². The molecule has 16 heavy (non-hydrogen) atoms. The van der Waals surface area contributed by atoms with Crippen LogP contribution in [0.2, 0.25) is 0 Å². The van der Waals surface area contributed by atoms with Crippen molar-refractivity contribution < 1.29 is 4.92 Å². The summed E-state index contributed by atoms with van der Waals surface area (Å²) < 4.78 is 0.593. The van der Waals surface area contributed by atoms with E-state index in [-0.39, 0.29) is 5.69 Å². The van der Waals surface area contributed by atoms with Crippen molar-refractivity contribution in [2.75, 3.05) is 11.9 Å². The van der Waals surface area contributed by atoms with E-state index in [2.05, 4.69) is 32.8 Å². The molecule has 0 spiro atoms. The van der Waals surface area contributed by atoms with E-state index < -0.39 is 4.92 Å². The molecular weight excluding hydrogens is 274 g/mol. The predicted molar refractivity (Wildman–Crippen MR) is 66.5 cm³/mol. The van der Waals surface area contributed by atoms with Gasteiger partial charge >= 0.3 is 5.69 Å². The summed E-state index contributed by atoms with van der Waals surface area (Å²) in [6.07, 6.45) is 5.09. The van der Waals surface area contributed by atoms with E-state index in [4.69, 9.17) is 0 Å². The molecule has 1 heterocycles. The van der Waals surface area contributed by atoms with Crippen LogP contribution in [0.15, 0.2) is 29.4 Å². The van der Waals surface area contributed by atoms with Crippen molar-refractivity contribution in [2.45, 2.75) is 12.8 Å². The van der Waals surface area contributed by atoms with Crippen LogP contribution in [-0.2, 0) is 0 Å². The Kier molecular flexibility index (Phi) is 4.91. The molecule has 5 nitrogen and oxygen atoms in total. The lowest BCUT2D eigenvalue weighted by Crippen LogP contribution is -2.05. The van der Waals surface area contributed by atoms with Crippen LogP contribution in [0.3, 0.4) is 0 Å². The third-order valence-corrected chi connectivity index (χ3v) is 2.34. The maximum absolute atomic E-state index is 10.8. The van der Waals surface area contributed by atoms with Crippen molar-refractivity contribution in [3.63, 3.8) is 0 Å². The van der Waals surface area contributed by atoms with Crippen molar-refractivity contribution >= 4 is 27.4 Å². The minimum Gasteiger partial charge on any atom is -0.364 e. The molecule has 0 aliphatic heterocycles. The maximum Gasteiger partial charge on any atom is 0.312 e. The highest BCUT2D eigenvalue weighted by Gasteiger charge is 2.14. The highest BCUT2D eigenvalue weighted by atomic mass is 79.9. The Morgan fingerprint density at radius 2 is 2.44 bits per heavy atom. The van der Waals surface area contributed by atoms with Crippen molar-refractivity contribution in [1.82, 2.24) is 4.98 Å². The molecule has 1 N–H and O–H groups in total. The Labute approximate surface area is 102 Å². The topological polar surface area (TPSA) is 68.1 Å². The van der Waals surface area contributed by atoms with Crippen LogP contribution in [0.25, 0.3) is 0 Å². The molecule has 0 amide bonds. The Morgan fingerprint density at radius 1 is 1.69 bits per heavy atom. The van der Waals surface area contributed by atoms with Crippen LogP contribution in [0.4, 0.5) is 11.5 Å². The number of anilines is 1. The van der Waals surface area contributed by atoms with Gasteiger partial charge in [0.25, 0.3) is 0 Å². The van der Waals surface area contributed by atoms with Crippen LogP contribution in [0.5, 0.6) is 0 Å². The van der Waals surface area contributed by atoms with Crippen molar-refractivity contribution in [3.05, 3.63) is 39.5 Å². The summed E-state index contributed by atoms with van der Waals surface area (Å²) in [6, 6.07) is 1.43. The normalized spacial score (nSPS) is 9.81. The largest absolute Gasteiger partial charge is 0.364 e. The molecule has 0 radical (unpaired) electrons. The molecular formula is C10H12BrN3O2. The van der Waals surface area contributed by atoms with Crippen LogP contribution >= 0.6 is 15.9 Å². The highest BCUT2D eigenvalue weighted by Crippen LogP contribution is 2.25. The number of aromatic nitrogens is 1. The molecule has 0 aliphatic carbocycles. The fourth-order valence-corrected chi connectivity index (χ4v) is 1.48. The number of unbranched alkanes of at least 4 members (excludes halogenated alkanes) is 1. The number of rotatable bonds is 6. The van der Waals surface area contributed by atoms with E-state index in [9.17, 15) is 10.1 Å². The molecule has 1 aromatic heterocycles. The lowest BCUT2D eigenvalue weighted by atomic mass is 10.3. The Morgan fingerprint density at radius 3 is 3.06 bits per heavy atom. The molecule has 0 saturated heterocycles. The standard InChI is InChI=1S/C10H12BrN3O2/c1-2-3-4-5-12-10-9(14(15)16)6-8(11)7-13-10/h2,6-7H,1,3-5H2,(H,12,13). The summed E-state index contributed by atoms with van der Waals surface area (Å²) in [5, 5.41) is 13.7. The molecule has 0 atom stereocenters. The van der Waals surface area contributed by atoms with Gasteiger partial charge in [-0.3, -0.25) is 10.1 Å².